The molecule has 636 valence electrons. The summed E-state index contributed by atoms with van der Waals surface area (Å²) >= 11 is 37.4. The van der Waals surface area contributed by atoms with Crippen molar-refractivity contribution in [1.29, 1.82) is 0 Å². The number of nitrogens with two attached hydrogens (primary N) is 2. The Bertz CT molecular complexity index is 4560. The van der Waals surface area contributed by atoms with Gasteiger partial charge in [0, 0.05) is 81.7 Å². The number of aromatic nitrogens is 3. The third-order valence-corrected chi connectivity index (χ3v) is 44.1. The molecule has 3 aromatic heterocycles. The normalized spacial score (nSPS) is 16.4. The summed E-state index contributed by atoms with van der Waals surface area (Å²) < 4.78 is 43.4. The highest BCUT2D eigenvalue weighted by molar-refractivity contribution is 9.10. The second-order valence-corrected chi connectivity index (χ2v) is 60.6. The van der Waals surface area contributed by atoms with Gasteiger partial charge in [-0.25, -0.2) is 9.59 Å². The molecule has 7 N–H and O–H groups in total. The third-order valence-electron chi connectivity index (χ3n) is 24.0. The highest BCUT2D eigenvalue weighted by Gasteiger charge is 2.53. The van der Waals surface area contributed by atoms with Gasteiger partial charge in [-0.3, -0.25) is 9.13 Å². The van der Waals surface area contributed by atoms with E-state index in [1.807, 2.05) is 171 Å². The van der Waals surface area contributed by atoms with Crippen LogP contribution in [-0.4, -0.2) is 126 Å². The molecule has 5 aromatic carbocycles. The van der Waals surface area contributed by atoms with E-state index in [-0.39, 0.29) is 69.0 Å². The maximum Gasteiger partial charge on any atom is 0.496 e. The number of H-pyrrole nitrogens is 1. The van der Waals surface area contributed by atoms with Crippen molar-refractivity contribution in [2.75, 3.05) is 33.0 Å². The molecule has 116 heavy (non-hydrogen) atoms. The Hall–Kier alpha value is -4.18. The maximum atomic E-state index is 13.6. The Labute approximate surface area is 738 Å². The van der Waals surface area contributed by atoms with Crippen LogP contribution in [0.25, 0.3) is 0 Å². The van der Waals surface area contributed by atoms with Crippen molar-refractivity contribution in [3.05, 3.63) is 237 Å². The molecule has 0 spiro atoms. The molecule has 1 fully saturated rings. The first-order valence-corrected chi connectivity index (χ1v) is 54.7. The summed E-state index contributed by atoms with van der Waals surface area (Å²) in [7, 11) is -7.99. The molecule has 0 aliphatic carbocycles. The Kier molecular flexibility index (Phi) is 34.5. The van der Waals surface area contributed by atoms with Crippen molar-refractivity contribution in [3.63, 3.8) is 0 Å². The fraction of sp³-hybridized carbons (Fsp3) is 0.494. The molecular formula is C87H126BBr2Cl5N8O9Si4. The van der Waals surface area contributed by atoms with E-state index in [1.54, 1.807) is 21.3 Å². The number of carbonyl (C=O) groups is 2. The van der Waals surface area contributed by atoms with Crippen LogP contribution in [0.5, 0.6) is 0 Å². The summed E-state index contributed by atoms with van der Waals surface area (Å²) in [6.07, 6.45) is 5.61. The first-order chi connectivity index (χ1) is 53.5. The van der Waals surface area contributed by atoms with Crippen LogP contribution < -0.4 is 22.2 Å². The van der Waals surface area contributed by atoms with Crippen LogP contribution in [0.2, 0.25) is 97.6 Å². The van der Waals surface area contributed by atoms with E-state index in [0.717, 1.165) is 75.9 Å². The lowest BCUT2D eigenvalue weighted by atomic mass is 9.81. The van der Waals surface area contributed by atoms with Crippen molar-refractivity contribution in [2.45, 2.75) is 244 Å². The second kappa shape index (κ2) is 40.4. The van der Waals surface area contributed by atoms with Gasteiger partial charge in [-0.2, -0.15) is 0 Å². The molecule has 1 saturated heterocycles. The number of aliphatic hydroxyl groups is 1. The Morgan fingerprint density at radius 3 is 1.20 bits per heavy atom. The van der Waals surface area contributed by atoms with Gasteiger partial charge in [0.05, 0.1) is 87.5 Å². The number of hydrogen-bond acceptors (Lipinski definition) is 12. The van der Waals surface area contributed by atoms with E-state index in [2.05, 4.69) is 190 Å². The summed E-state index contributed by atoms with van der Waals surface area (Å²) in [5, 5.41) is 16.3. The van der Waals surface area contributed by atoms with Gasteiger partial charge < -0.3 is 63.7 Å². The van der Waals surface area contributed by atoms with Gasteiger partial charge in [0.1, 0.15) is 0 Å². The van der Waals surface area contributed by atoms with Gasteiger partial charge in [-0.05, 0) is 239 Å². The van der Waals surface area contributed by atoms with Crippen molar-refractivity contribution >= 4 is 148 Å². The number of aliphatic hydroxyl groups excluding tert-OH is 1. The molecule has 0 unspecified atom stereocenters. The lowest BCUT2D eigenvalue weighted by molar-refractivity contribution is 0.00578. The van der Waals surface area contributed by atoms with Crippen LogP contribution in [0.1, 0.15) is 186 Å². The zero-order valence-electron chi connectivity index (χ0n) is 72.4. The number of nitrogens with one attached hydrogen (secondary N) is 2. The van der Waals surface area contributed by atoms with Gasteiger partial charge in [0.15, 0.2) is 33.3 Å². The number of nitrogens with zero attached hydrogens (tertiary/aromatic N) is 4. The van der Waals surface area contributed by atoms with Crippen LogP contribution >= 0.6 is 89.9 Å². The molecule has 8 aromatic rings. The van der Waals surface area contributed by atoms with Crippen molar-refractivity contribution in [2.24, 2.45) is 11.5 Å². The van der Waals surface area contributed by atoms with Crippen LogP contribution in [0.3, 0.4) is 0 Å². The summed E-state index contributed by atoms with van der Waals surface area (Å²) in [6.45, 7) is 56.7. The smallest absolute Gasteiger partial charge is 0.415 e. The number of benzene rings is 5. The highest BCUT2D eigenvalue weighted by atomic mass is 79.9. The van der Waals surface area contributed by atoms with Gasteiger partial charge in [0.2, 0.25) is 0 Å². The van der Waals surface area contributed by atoms with E-state index in [9.17, 15) is 9.59 Å². The molecule has 6 heterocycles. The number of aromatic amines is 1. The molecule has 17 nitrogen and oxygen atoms in total. The largest absolute Gasteiger partial charge is 0.496 e. The molecule has 5 atom stereocenters. The number of hydrogen-bond donors (Lipinski definition) is 5. The number of fused-ring (bicyclic) bond motifs is 2. The average Bonchev–Trinajstić information content (AvgIpc) is 1.59. The minimum absolute atomic E-state index is 0.0282. The van der Waals surface area contributed by atoms with E-state index in [4.69, 9.17) is 102 Å². The Morgan fingerprint density at radius 1 is 0.491 bits per heavy atom. The molecule has 29 heteroatoms. The van der Waals surface area contributed by atoms with Crippen LogP contribution in [0.15, 0.2) is 167 Å². The second-order valence-electron chi connectivity index (χ2n) is 37.3. The summed E-state index contributed by atoms with van der Waals surface area (Å²) in [6, 6.07) is 43.5. The van der Waals surface area contributed by atoms with E-state index >= 15 is 0 Å². The van der Waals surface area contributed by atoms with E-state index < -0.39 is 51.6 Å². The van der Waals surface area contributed by atoms with Crippen LogP contribution in [0.4, 0.5) is 9.59 Å². The molecule has 0 bridgehead atoms. The SMILES string of the molecule is CC(C)(C)[Si](C)(C)OC[C@@H](N)c1cccc(Cl)c1.CC(C)(C)[Si](C)(C)OC[C@@H](NCc1cc(Br)c[nH]1)c1cccc(Cl)c1.CC(C)(C)[Si](C)(C)OC[C@H](c1cccc(Cl)c1)N1Cc2cc(Br)cn2C1=O.CC1(C)OB(c2cc3n(c2)C(=O)N([C@H](CO[Si](C)(C)C(C)(C)C)c2cccc(Cl)c2)C3)OC1(C)C.N[C@H](CO)c1cccc(Cl)c1. The fourth-order valence-corrected chi connectivity index (χ4v) is 17.5. The molecule has 0 saturated carbocycles. The topological polar surface area (TPSA) is 206 Å². The first-order valence-electron chi connectivity index (χ1n) is 39.5. The van der Waals surface area contributed by atoms with Crippen molar-refractivity contribution in [3.8, 4) is 0 Å². The zero-order valence-corrected chi connectivity index (χ0v) is 83.4. The number of halogens is 7. The summed E-state index contributed by atoms with van der Waals surface area (Å²) in [5.74, 6) is 0. The molecule has 3 aliphatic heterocycles. The Balaban J connectivity index is 0.000000209. The molecule has 3 aliphatic rings. The van der Waals surface area contributed by atoms with Crippen LogP contribution in [-0.2, 0) is 46.6 Å². The first kappa shape index (κ1) is 98.9. The molecule has 0 radical (unpaired) electrons. The van der Waals surface area contributed by atoms with Crippen molar-refractivity contribution < 1.29 is 41.7 Å². The fourth-order valence-electron chi connectivity index (χ4n) is 11.6. The minimum Gasteiger partial charge on any atom is -0.415 e. The monoisotopic (exact) mass is 1880 g/mol. The van der Waals surface area contributed by atoms with Gasteiger partial charge >= 0.3 is 19.2 Å². The lowest BCUT2D eigenvalue weighted by Crippen LogP contribution is -2.44. The van der Waals surface area contributed by atoms with Crippen molar-refractivity contribution in [1.82, 2.24) is 29.2 Å². The number of carbonyl (C=O) groups excluding carboxylic acids is 2. The standard InChI is InChI=1S/C26H38BClN2O4Si.C20H26BrClN2O2Si.C19H28BrClN2OSi.C14H24ClNOSi.C8H10ClNO/c1-24(2,3)35(8,9)32-17-22(18-11-10-12-20(28)13-18)30-16-21-14-19(15-29(21)23(30)31)27-33-25(4,5)26(6,7)34-27;1-20(2,3)27(4,5)26-13-18(14-7-6-8-16(22)9-14)24-12-17-10-15(21)11-23(17)19(24)25;1-19(2,3)25(4,5)24-13-18(14-7-6-8-16(21)9-14)23-12-17-10-15(20)11-22-17;1-14(2,3)18(4,5)17-10-13(16)11-7-6-8-12(15)9-11;9-7-3-1-2-6(4-7)8(10)5-11/h10-15,22H,16-17H2,1-9H3;6-11,18H,12-13H2,1-5H3;6-11,18,22-23H,12-13H2,1-5H3;6-9,13H,10,16H2,1-5H3;1-4,8,11H,5,10H2/t22-;2*18-;13-;8-/m11111/s1. The van der Waals surface area contributed by atoms with Gasteiger partial charge in [-0.15, -0.1) is 0 Å². The lowest BCUT2D eigenvalue weighted by Gasteiger charge is -2.38. The van der Waals surface area contributed by atoms with Gasteiger partial charge in [0.25, 0.3) is 0 Å². The molecule has 11 rings (SSSR count). The average molecular weight is 1890 g/mol. The van der Waals surface area contributed by atoms with E-state index in [0.29, 0.717) is 54.6 Å². The quantitative estimate of drug-likeness (QED) is 0.0358. The molecular weight excluding hydrogens is 1760 g/mol. The number of amides is 2. The van der Waals surface area contributed by atoms with Gasteiger partial charge in [-0.1, -0.05) is 202 Å². The maximum absolute atomic E-state index is 13.6. The summed E-state index contributed by atoms with van der Waals surface area (Å²) in [5.41, 5.74) is 19.7. The minimum atomic E-state index is -2.02. The summed E-state index contributed by atoms with van der Waals surface area (Å²) in [4.78, 5) is 33.7. The predicted octanol–water partition coefficient (Wildman–Crippen LogP) is 24.4. The highest BCUT2D eigenvalue weighted by Crippen LogP contribution is 2.44. The third kappa shape index (κ3) is 26.7. The predicted molar refractivity (Wildman–Crippen MR) is 499 cm³/mol. The zero-order chi connectivity index (χ0) is 86.9. The molecule has 2 amide bonds. The van der Waals surface area contributed by atoms with E-state index in [1.165, 1.54) is 0 Å². The Morgan fingerprint density at radius 2 is 0.836 bits per heavy atom. The number of rotatable bonds is 24. The van der Waals surface area contributed by atoms with Crippen LogP contribution in [0, 0.1) is 0 Å².